The van der Waals surface area contributed by atoms with Crippen LogP contribution in [0.5, 0.6) is 0 Å². The van der Waals surface area contributed by atoms with E-state index in [-0.39, 0.29) is 15.8 Å². The molecule has 0 spiro atoms. The fourth-order valence-corrected chi connectivity index (χ4v) is 2.73. The van der Waals surface area contributed by atoms with Gasteiger partial charge >= 0.3 is 6.18 Å². The molecule has 2 N–H and O–H groups in total. The molecule has 2 aromatic rings. The molecule has 0 atom stereocenters. The van der Waals surface area contributed by atoms with E-state index in [4.69, 9.17) is 23.8 Å². The highest BCUT2D eigenvalue weighted by Crippen LogP contribution is 2.33. The Labute approximate surface area is 145 Å². The van der Waals surface area contributed by atoms with E-state index < -0.39 is 11.7 Å². The van der Waals surface area contributed by atoms with E-state index in [0.717, 1.165) is 28.6 Å². The van der Waals surface area contributed by atoms with Crippen molar-refractivity contribution in [1.82, 2.24) is 5.43 Å². The third-order valence-corrected chi connectivity index (χ3v) is 4.27. The minimum Gasteiger partial charge on any atom is -0.330 e. The zero-order valence-corrected chi connectivity index (χ0v) is 14.1. The third-order valence-electron chi connectivity index (χ3n) is 2.79. The van der Waals surface area contributed by atoms with Crippen LogP contribution in [0, 0.1) is 6.92 Å². The fourth-order valence-electron chi connectivity index (χ4n) is 1.61. The van der Waals surface area contributed by atoms with Gasteiger partial charge in [0.15, 0.2) is 5.11 Å². The summed E-state index contributed by atoms with van der Waals surface area (Å²) in [6, 6.07) is 4.91. The van der Waals surface area contributed by atoms with Crippen molar-refractivity contribution in [3.05, 3.63) is 50.7 Å². The molecule has 9 heteroatoms. The second-order valence-corrected chi connectivity index (χ2v) is 6.25. The van der Waals surface area contributed by atoms with Crippen molar-refractivity contribution in [2.75, 3.05) is 5.32 Å². The Morgan fingerprint density at radius 2 is 2.09 bits per heavy atom. The summed E-state index contributed by atoms with van der Waals surface area (Å²) >= 11 is 12.4. The summed E-state index contributed by atoms with van der Waals surface area (Å²) in [5.74, 6) is 0. The predicted octanol–water partition coefficient (Wildman–Crippen LogP) is 5.05. The van der Waals surface area contributed by atoms with Gasteiger partial charge in [0.1, 0.15) is 0 Å². The zero-order valence-electron chi connectivity index (χ0n) is 11.7. The summed E-state index contributed by atoms with van der Waals surface area (Å²) in [4.78, 5) is 0.956. The summed E-state index contributed by atoms with van der Waals surface area (Å²) in [5, 5.41) is 8.62. The lowest BCUT2D eigenvalue weighted by molar-refractivity contribution is -0.137. The molecule has 122 valence electrons. The molecule has 3 nitrogen and oxygen atoms in total. The van der Waals surface area contributed by atoms with Gasteiger partial charge in [-0.2, -0.15) is 18.3 Å². The van der Waals surface area contributed by atoms with Gasteiger partial charge in [-0.15, -0.1) is 11.3 Å². The number of benzene rings is 1. The lowest BCUT2D eigenvalue weighted by Gasteiger charge is -2.12. The quantitative estimate of drug-likeness (QED) is 0.446. The van der Waals surface area contributed by atoms with Crippen molar-refractivity contribution in [2.24, 2.45) is 5.10 Å². The maximum absolute atomic E-state index is 12.7. The van der Waals surface area contributed by atoms with Gasteiger partial charge in [-0.25, -0.2) is 0 Å². The second kappa shape index (κ2) is 7.29. The summed E-state index contributed by atoms with van der Waals surface area (Å²) in [7, 11) is 0. The van der Waals surface area contributed by atoms with Gasteiger partial charge in [0, 0.05) is 4.88 Å². The van der Waals surface area contributed by atoms with Gasteiger partial charge < -0.3 is 5.32 Å². The van der Waals surface area contributed by atoms with E-state index in [2.05, 4.69) is 15.8 Å². The Kier molecular flexibility index (Phi) is 5.61. The van der Waals surface area contributed by atoms with Crippen molar-refractivity contribution >= 4 is 52.2 Å². The first kappa shape index (κ1) is 17.7. The van der Waals surface area contributed by atoms with E-state index in [9.17, 15) is 13.2 Å². The fraction of sp³-hybridized carbons (Fsp3) is 0.143. The molecule has 2 rings (SSSR count). The standard InChI is InChI=1S/C14H11ClF3N3S2/c1-8-4-5-23-12(8)7-19-21-13(22)20-11-6-9(14(16,17)18)2-3-10(11)15/h2-7H,1H3,(H2,20,21,22)/b19-7+. The number of halogens is 4. The van der Waals surface area contributed by atoms with Crippen LogP contribution in [-0.2, 0) is 6.18 Å². The molecule has 1 aromatic carbocycles. The van der Waals surface area contributed by atoms with Gasteiger partial charge in [-0.1, -0.05) is 11.6 Å². The first-order chi connectivity index (χ1) is 10.8. The van der Waals surface area contributed by atoms with E-state index in [1.54, 1.807) is 6.21 Å². The monoisotopic (exact) mass is 377 g/mol. The van der Waals surface area contributed by atoms with Gasteiger partial charge in [0.25, 0.3) is 0 Å². The molecule has 23 heavy (non-hydrogen) atoms. The van der Waals surface area contributed by atoms with Crippen LogP contribution in [0.4, 0.5) is 18.9 Å². The SMILES string of the molecule is Cc1ccsc1/C=N/NC(=S)Nc1cc(C(F)(F)F)ccc1Cl. The summed E-state index contributed by atoms with van der Waals surface area (Å²) < 4.78 is 38.1. The lowest BCUT2D eigenvalue weighted by atomic mass is 10.2. The third kappa shape index (κ3) is 4.92. The van der Waals surface area contributed by atoms with Crippen molar-refractivity contribution in [3.63, 3.8) is 0 Å². The molecule has 0 amide bonds. The van der Waals surface area contributed by atoms with E-state index >= 15 is 0 Å². The molecule has 1 heterocycles. The summed E-state index contributed by atoms with van der Waals surface area (Å²) in [6.07, 6.45) is -2.87. The van der Waals surface area contributed by atoms with Crippen molar-refractivity contribution in [2.45, 2.75) is 13.1 Å². The maximum atomic E-state index is 12.7. The number of hydrogen-bond donors (Lipinski definition) is 2. The largest absolute Gasteiger partial charge is 0.416 e. The highest BCUT2D eigenvalue weighted by Gasteiger charge is 2.31. The van der Waals surface area contributed by atoms with Crippen LogP contribution < -0.4 is 10.7 Å². The van der Waals surface area contributed by atoms with Crippen molar-refractivity contribution < 1.29 is 13.2 Å². The van der Waals surface area contributed by atoms with Crippen LogP contribution >= 0.6 is 35.2 Å². The average Bonchev–Trinajstić information content (AvgIpc) is 2.86. The first-order valence-electron chi connectivity index (χ1n) is 6.28. The number of alkyl halides is 3. The number of rotatable bonds is 3. The molecular formula is C14H11ClF3N3S2. The lowest BCUT2D eigenvalue weighted by Crippen LogP contribution is -2.24. The van der Waals surface area contributed by atoms with Crippen LogP contribution in [0.15, 0.2) is 34.7 Å². The highest BCUT2D eigenvalue weighted by atomic mass is 35.5. The molecular weight excluding hydrogens is 367 g/mol. The molecule has 0 aliphatic heterocycles. The van der Waals surface area contributed by atoms with E-state index in [0.29, 0.717) is 0 Å². The normalized spacial score (nSPS) is 11.7. The summed E-state index contributed by atoms with van der Waals surface area (Å²) in [6.45, 7) is 1.94. The van der Waals surface area contributed by atoms with Gasteiger partial charge in [-0.05, 0) is 54.4 Å². The number of anilines is 1. The number of nitrogens with one attached hydrogen (secondary N) is 2. The number of hydrazone groups is 1. The first-order valence-corrected chi connectivity index (χ1v) is 7.95. The number of aryl methyl sites for hydroxylation is 1. The van der Waals surface area contributed by atoms with Crippen LogP contribution in [0.2, 0.25) is 5.02 Å². The Hall–Kier alpha value is -1.64. The number of hydrogen-bond acceptors (Lipinski definition) is 3. The number of thiocarbonyl (C=S) groups is 1. The molecule has 0 saturated heterocycles. The van der Waals surface area contributed by atoms with E-state index in [1.165, 1.54) is 11.3 Å². The Morgan fingerprint density at radius 3 is 2.70 bits per heavy atom. The topological polar surface area (TPSA) is 36.4 Å². The molecule has 0 unspecified atom stereocenters. The van der Waals surface area contributed by atoms with Gasteiger partial charge in [0.2, 0.25) is 0 Å². The molecule has 0 bridgehead atoms. The predicted molar refractivity (Wildman–Crippen MR) is 92.5 cm³/mol. The maximum Gasteiger partial charge on any atom is 0.416 e. The molecule has 0 aliphatic rings. The smallest absolute Gasteiger partial charge is 0.330 e. The highest BCUT2D eigenvalue weighted by molar-refractivity contribution is 7.80. The van der Waals surface area contributed by atoms with Crippen molar-refractivity contribution in [3.8, 4) is 0 Å². The number of thiophene rings is 1. The van der Waals surface area contributed by atoms with Crippen LogP contribution in [-0.4, -0.2) is 11.3 Å². The number of nitrogens with zero attached hydrogens (tertiary/aromatic N) is 1. The Bertz CT molecular complexity index is 741. The molecule has 0 saturated carbocycles. The summed E-state index contributed by atoms with van der Waals surface area (Å²) in [5.41, 5.74) is 2.85. The molecule has 1 aromatic heterocycles. The molecule has 0 aliphatic carbocycles. The van der Waals surface area contributed by atoms with Crippen LogP contribution in [0.25, 0.3) is 0 Å². The van der Waals surface area contributed by atoms with Gasteiger partial charge in [-0.3, -0.25) is 5.43 Å². The van der Waals surface area contributed by atoms with Crippen molar-refractivity contribution in [1.29, 1.82) is 0 Å². The minimum absolute atomic E-state index is 0.0386. The molecule has 0 fully saturated rings. The Morgan fingerprint density at radius 1 is 1.35 bits per heavy atom. The van der Waals surface area contributed by atoms with Crippen LogP contribution in [0.1, 0.15) is 16.0 Å². The average molecular weight is 378 g/mol. The molecule has 0 radical (unpaired) electrons. The Balaban J connectivity index is 2.03. The second-order valence-electron chi connectivity index (χ2n) is 4.48. The van der Waals surface area contributed by atoms with E-state index in [1.807, 2.05) is 18.4 Å². The zero-order chi connectivity index (χ0) is 17.0. The van der Waals surface area contributed by atoms with Gasteiger partial charge in [0.05, 0.1) is 22.5 Å². The minimum atomic E-state index is -4.45. The van der Waals surface area contributed by atoms with Crippen LogP contribution in [0.3, 0.4) is 0 Å².